The summed E-state index contributed by atoms with van der Waals surface area (Å²) in [6, 6.07) is 5.27. The summed E-state index contributed by atoms with van der Waals surface area (Å²) >= 11 is 12.1. The highest BCUT2D eigenvalue weighted by Gasteiger charge is 2.24. The molecule has 0 spiro atoms. The normalized spacial score (nSPS) is 19.2. The SMILES string of the molecule is O=C(NN1CCCCC1)C1=NN(c2ccc(Cl)cc2Cl)CC1. The summed E-state index contributed by atoms with van der Waals surface area (Å²) in [5, 5.41) is 9.25. The van der Waals surface area contributed by atoms with Gasteiger partial charge in [-0.3, -0.25) is 15.2 Å². The maximum Gasteiger partial charge on any atom is 0.281 e. The maximum atomic E-state index is 12.3. The van der Waals surface area contributed by atoms with Crippen LogP contribution in [0, 0.1) is 0 Å². The van der Waals surface area contributed by atoms with Crippen molar-refractivity contribution in [3.63, 3.8) is 0 Å². The van der Waals surface area contributed by atoms with Crippen molar-refractivity contribution < 1.29 is 4.79 Å². The Morgan fingerprint density at radius 3 is 2.64 bits per heavy atom. The molecule has 1 aromatic carbocycles. The Morgan fingerprint density at radius 1 is 1.14 bits per heavy atom. The van der Waals surface area contributed by atoms with E-state index in [0.717, 1.165) is 31.6 Å². The highest BCUT2D eigenvalue weighted by Crippen LogP contribution is 2.30. The van der Waals surface area contributed by atoms with Crippen LogP contribution in [0.1, 0.15) is 25.7 Å². The minimum Gasteiger partial charge on any atom is -0.284 e. The molecule has 0 atom stereocenters. The number of nitrogens with zero attached hydrogens (tertiary/aromatic N) is 3. The topological polar surface area (TPSA) is 47.9 Å². The van der Waals surface area contributed by atoms with Crippen molar-refractivity contribution >= 4 is 40.5 Å². The lowest BCUT2D eigenvalue weighted by molar-refractivity contribution is -0.119. The van der Waals surface area contributed by atoms with Crippen LogP contribution < -0.4 is 10.4 Å². The summed E-state index contributed by atoms with van der Waals surface area (Å²) in [5.74, 6) is -0.116. The van der Waals surface area contributed by atoms with Crippen molar-refractivity contribution in [2.45, 2.75) is 25.7 Å². The Hall–Kier alpha value is -1.30. The molecular weight excluding hydrogens is 323 g/mol. The van der Waals surface area contributed by atoms with Crippen LogP contribution >= 0.6 is 23.2 Å². The summed E-state index contributed by atoms with van der Waals surface area (Å²) < 4.78 is 0. The zero-order valence-corrected chi connectivity index (χ0v) is 13.7. The molecule has 1 amide bonds. The number of nitrogens with one attached hydrogen (secondary N) is 1. The lowest BCUT2D eigenvalue weighted by atomic mass is 10.2. The van der Waals surface area contributed by atoms with Gasteiger partial charge in [-0.2, -0.15) is 5.10 Å². The van der Waals surface area contributed by atoms with E-state index in [1.54, 1.807) is 17.1 Å². The fourth-order valence-corrected chi connectivity index (χ4v) is 3.20. The first-order valence-electron chi connectivity index (χ1n) is 7.49. The van der Waals surface area contributed by atoms with E-state index in [2.05, 4.69) is 10.5 Å². The van der Waals surface area contributed by atoms with Gasteiger partial charge in [-0.15, -0.1) is 0 Å². The molecule has 0 bridgehead atoms. The summed E-state index contributed by atoms with van der Waals surface area (Å²) in [7, 11) is 0. The van der Waals surface area contributed by atoms with Crippen LogP contribution in [-0.4, -0.2) is 36.3 Å². The van der Waals surface area contributed by atoms with Crippen LogP contribution in [-0.2, 0) is 4.79 Å². The molecule has 0 saturated carbocycles. The molecule has 3 rings (SSSR count). The van der Waals surface area contributed by atoms with Gasteiger partial charge in [0, 0.05) is 31.1 Å². The third kappa shape index (κ3) is 3.54. The first-order chi connectivity index (χ1) is 10.6. The summed E-state index contributed by atoms with van der Waals surface area (Å²) in [5.41, 5.74) is 4.25. The van der Waals surface area contributed by atoms with Crippen molar-refractivity contribution in [1.29, 1.82) is 0 Å². The third-order valence-electron chi connectivity index (χ3n) is 3.87. The number of amides is 1. The van der Waals surface area contributed by atoms with Crippen molar-refractivity contribution in [1.82, 2.24) is 10.4 Å². The van der Waals surface area contributed by atoms with E-state index in [1.165, 1.54) is 6.42 Å². The van der Waals surface area contributed by atoms with E-state index in [0.29, 0.717) is 28.7 Å². The average Bonchev–Trinajstić information content (AvgIpc) is 2.98. The largest absolute Gasteiger partial charge is 0.284 e. The number of hydrogen-bond acceptors (Lipinski definition) is 4. The van der Waals surface area contributed by atoms with E-state index >= 15 is 0 Å². The van der Waals surface area contributed by atoms with E-state index in [9.17, 15) is 4.79 Å². The molecule has 1 saturated heterocycles. The standard InChI is InChI=1S/C15H18Cl2N4O/c16-11-4-5-14(12(17)10-11)21-9-6-13(18-21)15(22)19-20-7-2-1-3-8-20/h4-5,10H,1-3,6-9H2,(H,19,22). The molecular formula is C15H18Cl2N4O. The highest BCUT2D eigenvalue weighted by molar-refractivity contribution is 6.40. The zero-order valence-electron chi connectivity index (χ0n) is 12.2. The van der Waals surface area contributed by atoms with Gasteiger partial charge >= 0.3 is 0 Å². The number of carbonyl (C=O) groups is 1. The highest BCUT2D eigenvalue weighted by atomic mass is 35.5. The minimum atomic E-state index is -0.116. The fraction of sp³-hybridized carbons (Fsp3) is 0.467. The Labute approximate surface area is 139 Å². The number of halogens is 2. The van der Waals surface area contributed by atoms with Crippen LogP contribution in [0.2, 0.25) is 10.0 Å². The van der Waals surface area contributed by atoms with Gasteiger partial charge in [0.25, 0.3) is 5.91 Å². The van der Waals surface area contributed by atoms with Crippen LogP contribution in [0.4, 0.5) is 5.69 Å². The van der Waals surface area contributed by atoms with Crippen LogP contribution in [0.15, 0.2) is 23.3 Å². The Morgan fingerprint density at radius 2 is 1.91 bits per heavy atom. The summed E-state index contributed by atoms with van der Waals surface area (Å²) in [6.07, 6.45) is 4.09. The van der Waals surface area contributed by atoms with Crippen molar-refractivity contribution in [2.75, 3.05) is 24.6 Å². The number of hydrogen-bond donors (Lipinski definition) is 1. The number of piperidine rings is 1. The molecule has 1 fully saturated rings. The number of hydrazone groups is 1. The Balaban J connectivity index is 1.66. The predicted octanol–water partition coefficient (Wildman–Crippen LogP) is 3.08. The molecule has 22 heavy (non-hydrogen) atoms. The van der Waals surface area contributed by atoms with Gasteiger partial charge in [0.1, 0.15) is 5.71 Å². The monoisotopic (exact) mass is 340 g/mol. The van der Waals surface area contributed by atoms with Gasteiger partial charge in [0.05, 0.1) is 10.7 Å². The minimum absolute atomic E-state index is 0.116. The average molecular weight is 341 g/mol. The zero-order chi connectivity index (χ0) is 15.5. The molecule has 118 valence electrons. The second-order valence-electron chi connectivity index (χ2n) is 5.50. The first-order valence-corrected chi connectivity index (χ1v) is 8.25. The molecule has 0 aliphatic carbocycles. The molecule has 2 heterocycles. The van der Waals surface area contributed by atoms with Crippen LogP contribution in [0.5, 0.6) is 0 Å². The molecule has 2 aliphatic rings. The number of rotatable bonds is 3. The van der Waals surface area contributed by atoms with Gasteiger partial charge in [-0.1, -0.05) is 29.6 Å². The number of anilines is 1. The van der Waals surface area contributed by atoms with Gasteiger partial charge in [0.2, 0.25) is 0 Å². The lowest BCUT2D eigenvalue weighted by Gasteiger charge is -2.26. The van der Waals surface area contributed by atoms with Crippen LogP contribution in [0.25, 0.3) is 0 Å². The van der Waals surface area contributed by atoms with Gasteiger partial charge in [-0.25, -0.2) is 5.01 Å². The molecule has 0 radical (unpaired) electrons. The van der Waals surface area contributed by atoms with Crippen molar-refractivity contribution in [2.24, 2.45) is 5.10 Å². The van der Waals surface area contributed by atoms with E-state index in [-0.39, 0.29) is 5.91 Å². The van der Waals surface area contributed by atoms with E-state index in [4.69, 9.17) is 23.2 Å². The lowest BCUT2D eigenvalue weighted by Crippen LogP contribution is -2.47. The molecule has 5 nitrogen and oxygen atoms in total. The van der Waals surface area contributed by atoms with E-state index < -0.39 is 0 Å². The fourth-order valence-electron chi connectivity index (χ4n) is 2.70. The summed E-state index contributed by atoms with van der Waals surface area (Å²) in [6.45, 7) is 2.46. The summed E-state index contributed by atoms with van der Waals surface area (Å²) in [4.78, 5) is 12.3. The van der Waals surface area contributed by atoms with Crippen molar-refractivity contribution in [3.05, 3.63) is 28.2 Å². The molecule has 1 N–H and O–H groups in total. The van der Waals surface area contributed by atoms with Gasteiger partial charge < -0.3 is 0 Å². The molecule has 2 aliphatic heterocycles. The number of benzene rings is 1. The second kappa shape index (κ2) is 6.86. The Bertz CT molecular complexity index is 599. The quantitative estimate of drug-likeness (QED) is 0.919. The van der Waals surface area contributed by atoms with Gasteiger partial charge in [0.15, 0.2) is 0 Å². The maximum absolute atomic E-state index is 12.3. The first kappa shape index (κ1) is 15.6. The van der Waals surface area contributed by atoms with Crippen molar-refractivity contribution in [3.8, 4) is 0 Å². The molecule has 0 aromatic heterocycles. The number of hydrazine groups is 1. The molecule has 0 unspecified atom stereocenters. The smallest absolute Gasteiger partial charge is 0.281 e. The second-order valence-corrected chi connectivity index (χ2v) is 6.35. The number of carbonyl (C=O) groups excluding carboxylic acids is 1. The molecule has 1 aromatic rings. The predicted molar refractivity (Wildman–Crippen MR) is 89.4 cm³/mol. The van der Waals surface area contributed by atoms with E-state index in [1.807, 2.05) is 11.1 Å². The third-order valence-corrected chi connectivity index (χ3v) is 4.41. The van der Waals surface area contributed by atoms with Gasteiger partial charge in [-0.05, 0) is 31.0 Å². The molecule has 7 heteroatoms. The van der Waals surface area contributed by atoms with Crippen LogP contribution in [0.3, 0.4) is 0 Å². The Kier molecular flexibility index (Phi) is 4.86.